The minimum atomic E-state index is 0.647. The minimum absolute atomic E-state index is 0.647. The first kappa shape index (κ1) is 16.2. The van der Waals surface area contributed by atoms with Gasteiger partial charge in [-0.25, -0.2) is 4.98 Å². The average molecular weight is 367 g/mol. The SMILES string of the molecule is Cc1cccc(-c2nc3c(Cc4ccc(Cl)cc4Cl)cccc3[nH]2)c1. The molecule has 0 bridgehead atoms. The van der Waals surface area contributed by atoms with E-state index in [9.17, 15) is 0 Å². The smallest absolute Gasteiger partial charge is 0.138 e. The van der Waals surface area contributed by atoms with Crippen LogP contribution in [-0.2, 0) is 6.42 Å². The van der Waals surface area contributed by atoms with Gasteiger partial charge in [-0.15, -0.1) is 0 Å². The van der Waals surface area contributed by atoms with Gasteiger partial charge in [-0.05, 0) is 42.3 Å². The number of H-pyrrole nitrogens is 1. The van der Waals surface area contributed by atoms with Gasteiger partial charge in [-0.3, -0.25) is 0 Å². The second-order valence-corrected chi connectivity index (χ2v) is 7.02. The number of nitrogens with zero attached hydrogens (tertiary/aromatic N) is 1. The number of benzene rings is 3. The molecule has 0 atom stereocenters. The molecule has 3 aromatic carbocycles. The van der Waals surface area contributed by atoms with Crippen LogP contribution in [0.3, 0.4) is 0 Å². The lowest BCUT2D eigenvalue weighted by Crippen LogP contribution is -1.91. The standard InChI is InChI=1S/C21H16Cl2N2/c1-13-4-2-6-16(10-13)21-24-19-7-3-5-15(20(19)25-21)11-14-8-9-17(22)12-18(14)23/h2-10,12H,11H2,1H3,(H,24,25). The maximum atomic E-state index is 6.34. The fourth-order valence-corrected chi connectivity index (χ4v) is 3.51. The van der Waals surface area contributed by atoms with Gasteiger partial charge < -0.3 is 4.98 Å². The number of aromatic nitrogens is 2. The highest BCUT2D eigenvalue weighted by atomic mass is 35.5. The third-order valence-corrected chi connectivity index (χ3v) is 4.87. The molecule has 1 N–H and O–H groups in total. The maximum absolute atomic E-state index is 6.34. The first-order chi connectivity index (χ1) is 12.1. The Labute approximate surface area is 156 Å². The zero-order valence-electron chi connectivity index (χ0n) is 13.7. The van der Waals surface area contributed by atoms with E-state index in [4.69, 9.17) is 28.2 Å². The fraction of sp³-hybridized carbons (Fsp3) is 0.0952. The van der Waals surface area contributed by atoms with Crippen LogP contribution in [0.5, 0.6) is 0 Å². The zero-order chi connectivity index (χ0) is 17.4. The first-order valence-corrected chi connectivity index (χ1v) is 8.84. The lowest BCUT2D eigenvalue weighted by atomic mass is 10.0. The maximum Gasteiger partial charge on any atom is 0.138 e. The normalized spacial score (nSPS) is 11.2. The lowest BCUT2D eigenvalue weighted by Gasteiger charge is -2.05. The van der Waals surface area contributed by atoms with Gasteiger partial charge in [0.05, 0.1) is 11.0 Å². The molecule has 4 heteroatoms. The van der Waals surface area contributed by atoms with Crippen LogP contribution in [0.4, 0.5) is 0 Å². The molecular weight excluding hydrogens is 351 g/mol. The third-order valence-electron chi connectivity index (χ3n) is 4.28. The number of hydrogen-bond acceptors (Lipinski definition) is 1. The van der Waals surface area contributed by atoms with Crippen LogP contribution in [-0.4, -0.2) is 9.97 Å². The van der Waals surface area contributed by atoms with Crippen molar-refractivity contribution in [2.24, 2.45) is 0 Å². The van der Waals surface area contributed by atoms with Crippen LogP contribution in [0, 0.1) is 6.92 Å². The predicted octanol–water partition coefficient (Wildman–Crippen LogP) is 6.44. The molecule has 0 aliphatic heterocycles. The van der Waals surface area contributed by atoms with Crippen molar-refractivity contribution in [3.8, 4) is 11.4 Å². The molecule has 1 heterocycles. The van der Waals surface area contributed by atoms with Gasteiger partial charge in [0, 0.05) is 22.0 Å². The Morgan fingerprint density at radius 2 is 1.76 bits per heavy atom. The number of rotatable bonds is 3. The lowest BCUT2D eigenvalue weighted by molar-refractivity contribution is 1.20. The van der Waals surface area contributed by atoms with Gasteiger partial charge in [0.25, 0.3) is 0 Å². The summed E-state index contributed by atoms with van der Waals surface area (Å²) in [6, 6.07) is 20.1. The Hall–Kier alpha value is -2.29. The van der Waals surface area contributed by atoms with Crippen molar-refractivity contribution in [2.45, 2.75) is 13.3 Å². The van der Waals surface area contributed by atoms with Crippen molar-refractivity contribution >= 4 is 34.2 Å². The van der Waals surface area contributed by atoms with E-state index in [-0.39, 0.29) is 0 Å². The molecule has 0 spiro atoms. The van der Waals surface area contributed by atoms with E-state index in [0.29, 0.717) is 16.5 Å². The highest BCUT2D eigenvalue weighted by Crippen LogP contribution is 2.28. The second kappa shape index (κ2) is 6.55. The molecule has 0 fully saturated rings. The molecule has 4 aromatic rings. The van der Waals surface area contributed by atoms with Crippen LogP contribution in [0.1, 0.15) is 16.7 Å². The van der Waals surface area contributed by atoms with E-state index in [1.807, 2.05) is 24.3 Å². The first-order valence-electron chi connectivity index (χ1n) is 8.09. The molecule has 124 valence electrons. The molecular formula is C21H16Cl2N2. The summed E-state index contributed by atoms with van der Waals surface area (Å²) in [7, 11) is 0. The summed E-state index contributed by atoms with van der Waals surface area (Å²) >= 11 is 12.3. The van der Waals surface area contributed by atoms with Crippen LogP contribution in [0.25, 0.3) is 22.4 Å². The number of fused-ring (bicyclic) bond motifs is 1. The third kappa shape index (κ3) is 3.28. The van der Waals surface area contributed by atoms with Gasteiger partial charge >= 0.3 is 0 Å². The van der Waals surface area contributed by atoms with E-state index >= 15 is 0 Å². The zero-order valence-corrected chi connectivity index (χ0v) is 15.2. The average Bonchev–Trinajstić information content (AvgIpc) is 3.03. The van der Waals surface area contributed by atoms with E-state index in [2.05, 4.69) is 42.2 Å². The summed E-state index contributed by atoms with van der Waals surface area (Å²) in [5, 5.41) is 1.33. The summed E-state index contributed by atoms with van der Waals surface area (Å²) in [5.41, 5.74) is 6.48. The van der Waals surface area contributed by atoms with Crippen molar-refractivity contribution < 1.29 is 0 Å². The molecule has 0 aliphatic carbocycles. The summed E-state index contributed by atoms with van der Waals surface area (Å²) in [6.07, 6.45) is 0.714. The van der Waals surface area contributed by atoms with E-state index in [0.717, 1.165) is 33.5 Å². The Morgan fingerprint density at radius 1 is 0.920 bits per heavy atom. The van der Waals surface area contributed by atoms with E-state index < -0.39 is 0 Å². The molecule has 0 radical (unpaired) electrons. The number of imidazole rings is 1. The summed E-state index contributed by atoms with van der Waals surface area (Å²) in [5.74, 6) is 0.883. The molecule has 0 aliphatic rings. The van der Waals surface area contributed by atoms with Crippen LogP contribution >= 0.6 is 23.2 Å². The monoisotopic (exact) mass is 366 g/mol. The Balaban J connectivity index is 1.77. The van der Waals surface area contributed by atoms with Crippen molar-refractivity contribution in [2.75, 3.05) is 0 Å². The number of halogens is 2. The molecule has 0 unspecified atom stereocenters. The van der Waals surface area contributed by atoms with Gasteiger partial charge in [0.2, 0.25) is 0 Å². The number of para-hydroxylation sites is 1. The summed E-state index contributed by atoms with van der Waals surface area (Å²) < 4.78 is 0. The molecule has 0 saturated heterocycles. The van der Waals surface area contributed by atoms with Crippen LogP contribution in [0.2, 0.25) is 10.0 Å². The second-order valence-electron chi connectivity index (χ2n) is 6.18. The summed E-state index contributed by atoms with van der Waals surface area (Å²) in [4.78, 5) is 8.27. The number of aryl methyl sites for hydroxylation is 1. The molecule has 0 saturated carbocycles. The van der Waals surface area contributed by atoms with Crippen molar-refractivity contribution in [3.05, 3.63) is 87.4 Å². The molecule has 25 heavy (non-hydrogen) atoms. The van der Waals surface area contributed by atoms with Gasteiger partial charge in [-0.2, -0.15) is 0 Å². The Morgan fingerprint density at radius 3 is 2.56 bits per heavy atom. The van der Waals surface area contributed by atoms with Gasteiger partial charge in [0.1, 0.15) is 5.82 Å². The predicted molar refractivity (Wildman–Crippen MR) is 106 cm³/mol. The van der Waals surface area contributed by atoms with Crippen LogP contribution < -0.4 is 0 Å². The Kier molecular flexibility index (Phi) is 4.24. The number of aromatic amines is 1. The molecule has 2 nitrogen and oxygen atoms in total. The van der Waals surface area contributed by atoms with Crippen molar-refractivity contribution in [1.29, 1.82) is 0 Å². The van der Waals surface area contributed by atoms with Gasteiger partial charge in [-0.1, -0.05) is 65.2 Å². The van der Waals surface area contributed by atoms with E-state index in [1.165, 1.54) is 5.56 Å². The van der Waals surface area contributed by atoms with Crippen molar-refractivity contribution in [1.82, 2.24) is 9.97 Å². The van der Waals surface area contributed by atoms with Crippen molar-refractivity contribution in [3.63, 3.8) is 0 Å². The Bertz CT molecular complexity index is 1070. The molecule has 1 aromatic heterocycles. The van der Waals surface area contributed by atoms with E-state index in [1.54, 1.807) is 6.07 Å². The molecule has 0 amide bonds. The summed E-state index contributed by atoms with van der Waals surface area (Å²) in [6.45, 7) is 2.08. The number of nitrogens with one attached hydrogen (secondary N) is 1. The largest absolute Gasteiger partial charge is 0.338 e. The molecule has 4 rings (SSSR count). The fourth-order valence-electron chi connectivity index (χ4n) is 3.03. The highest BCUT2D eigenvalue weighted by molar-refractivity contribution is 6.35. The topological polar surface area (TPSA) is 28.7 Å². The van der Waals surface area contributed by atoms with Crippen LogP contribution in [0.15, 0.2) is 60.7 Å². The highest BCUT2D eigenvalue weighted by Gasteiger charge is 2.11. The minimum Gasteiger partial charge on any atom is -0.338 e. The number of hydrogen-bond donors (Lipinski definition) is 1. The quantitative estimate of drug-likeness (QED) is 0.444. The van der Waals surface area contributed by atoms with Gasteiger partial charge in [0.15, 0.2) is 0 Å².